The first-order valence-electron chi connectivity index (χ1n) is 6.50. The van der Waals surface area contributed by atoms with E-state index in [0.29, 0.717) is 18.0 Å². The lowest BCUT2D eigenvalue weighted by Gasteiger charge is -2.28. The van der Waals surface area contributed by atoms with Crippen molar-refractivity contribution < 1.29 is 0 Å². The summed E-state index contributed by atoms with van der Waals surface area (Å²) >= 11 is 0. The molecule has 2 heteroatoms. The van der Waals surface area contributed by atoms with Gasteiger partial charge in [-0.15, -0.1) is 0 Å². The average molecular weight is 212 g/mol. The summed E-state index contributed by atoms with van der Waals surface area (Å²) in [4.78, 5) is 2.60. The zero-order valence-corrected chi connectivity index (χ0v) is 10.9. The second kappa shape index (κ2) is 5.86. The molecule has 1 fully saturated rings. The van der Waals surface area contributed by atoms with Crippen LogP contribution < -0.4 is 5.73 Å². The van der Waals surface area contributed by atoms with Crippen LogP contribution in [0, 0.1) is 11.8 Å². The van der Waals surface area contributed by atoms with Gasteiger partial charge in [-0.25, -0.2) is 0 Å². The zero-order valence-electron chi connectivity index (χ0n) is 10.9. The molecule has 0 aromatic heterocycles. The quantitative estimate of drug-likeness (QED) is 0.702. The van der Waals surface area contributed by atoms with Crippen LogP contribution >= 0.6 is 0 Å². The molecule has 1 unspecified atom stereocenters. The van der Waals surface area contributed by atoms with E-state index in [1.807, 2.05) is 0 Å². The number of hydrogen-bond donors (Lipinski definition) is 1. The van der Waals surface area contributed by atoms with Crippen LogP contribution in [0.5, 0.6) is 0 Å². The molecule has 1 aliphatic carbocycles. The Kier molecular flexibility index (Phi) is 5.07. The van der Waals surface area contributed by atoms with E-state index in [1.165, 1.54) is 25.9 Å². The van der Waals surface area contributed by atoms with Gasteiger partial charge in [0.2, 0.25) is 0 Å². The summed E-state index contributed by atoms with van der Waals surface area (Å²) in [5.74, 6) is 1.60. The lowest BCUT2D eigenvalue weighted by atomic mass is 10.0. The highest BCUT2D eigenvalue weighted by Gasteiger charge is 2.25. The van der Waals surface area contributed by atoms with Gasteiger partial charge in [0.25, 0.3) is 0 Å². The van der Waals surface area contributed by atoms with E-state index in [0.717, 1.165) is 12.3 Å². The lowest BCUT2D eigenvalue weighted by Crippen LogP contribution is -2.38. The normalized spacial score (nSPS) is 19.2. The van der Waals surface area contributed by atoms with Gasteiger partial charge in [0.1, 0.15) is 0 Å². The molecular formula is C13H28N2. The fourth-order valence-electron chi connectivity index (χ4n) is 1.84. The van der Waals surface area contributed by atoms with Crippen LogP contribution in [0.25, 0.3) is 0 Å². The van der Waals surface area contributed by atoms with Crippen LogP contribution in [0.3, 0.4) is 0 Å². The van der Waals surface area contributed by atoms with Crippen LogP contribution in [0.1, 0.15) is 47.0 Å². The monoisotopic (exact) mass is 212 g/mol. The highest BCUT2D eigenvalue weighted by molar-refractivity contribution is 4.79. The smallest absolute Gasteiger partial charge is 0.00740 e. The van der Waals surface area contributed by atoms with Crippen molar-refractivity contribution in [1.29, 1.82) is 0 Å². The third-order valence-electron chi connectivity index (χ3n) is 3.53. The van der Waals surface area contributed by atoms with Crippen molar-refractivity contribution >= 4 is 0 Å². The molecule has 0 bridgehead atoms. The molecule has 90 valence electrons. The summed E-state index contributed by atoms with van der Waals surface area (Å²) in [5, 5.41) is 0. The maximum absolute atomic E-state index is 6.08. The van der Waals surface area contributed by atoms with Gasteiger partial charge >= 0.3 is 0 Å². The summed E-state index contributed by atoms with van der Waals surface area (Å²) in [5.41, 5.74) is 6.08. The first kappa shape index (κ1) is 13.0. The average Bonchev–Trinajstić information content (AvgIpc) is 2.94. The fourth-order valence-corrected chi connectivity index (χ4v) is 1.84. The minimum atomic E-state index is 0.366. The second-order valence-electron chi connectivity index (χ2n) is 5.73. The van der Waals surface area contributed by atoms with E-state index >= 15 is 0 Å². The highest BCUT2D eigenvalue weighted by Crippen LogP contribution is 2.30. The largest absolute Gasteiger partial charge is 0.327 e. The van der Waals surface area contributed by atoms with Crippen molar-refractivity contribution in [1.82, 2.24) is 4.90 Å². The molecule has 2 N–H and O–H groups in total. The van der Waals surface area contributed by atoms with Gasteiger partial charge in [-0.1, -0.05) is 13.8 Å². The molecule has 0 aromatic rings. The SMILES string of the molecule is CC(C)C(N)CCN(CC1CC1)C(C)C. The molecule has 0 spiro atoms. The minimum Gasteiger partial charge on any atom is -0.327 e. The highest BCUT2D eigenvalue weighted by atomic mass is 15.1. The number of hydrogen-bond acceptors (Lipinski definition) is 2. The van der Waals surface area contributed by atoms with Gasteiger partial charge < -0.3 is 10.6 Å². The molecule has 0 radical (unpaired) electrons. The van der Waals surface area contributed by atoms with Gasteiger partial charge in [-0.2, -0.15) is 0 Å². The van der Waals surface area contributed by atoms with E-state index < -0.39 is 0 Å². The molecule has 2 nitrogen and oxygen atoms in total. The molecule has 15 heavy (non-hydrogen) atoms. The van der Waals surface area contributed by atoms with E-state index in [9.17, 15) is 0 Å². The number of nitrogens with two attached hydrogens (primary N) is 1. The third-order valence-corrected chi connectivity index (χ3v) is 3.53. The number of nitrogens with zero attached hydrogens (tertiary/aromatic N) is 1. The predicted octanol–water partition coefficient (Wildman–Crippen LogP) is 2.48. The van der Waals surface area contributed by atoms with Gasteiger partial charge in [0.05, 0.1) is 0 Å². The molecule has 0 saturated heterocycles. The summed E-state index contributed by atoms with van der Waals surface area (Å²) in [6, 6.07) is 1.04. The molecule has 0 aliphatic heterocycles. The Bertz CT molecular complexity index is 173. The van der Waals surface area contributed by atoms with Crippen LogP contribution in [0.4, 0.5) is 0 Å². The van der Waals surface area contributed by atoms with Gasteiger partial charge in [0.15, 0.2) is 0 Å². The minimum absolute atomic E-state index is 0.366. The summed E-state index contributed by atoms with van der Waals surface area (Å²) in [6.07, 6.45) is 4.03. The third kappa shape index (κ3) is 4.98. The molecule has 0 aromatic carbocycles. The Hall–Kier alpha value is -0.0800. The molecule has 0 amide bonds. The molecule has 1 aliphatic rings. The van der Waals surface area contributed by atoms with Gasteiger partial charge in [-0.05, 0) is 51.5 Å². The number of rotatable bonds is 7. The Morgan fingerprint density at radius 2 is 1.80 bits per heavy atom. The van der Waals surface area contributed by atoms with E-state index in [1.54, 1.807) is 0 Å². The molecule has 1 atom stereocenters. The van der Waals surface area contributed by atoms with Gasteiger partial charge in [-0.3, -0.25) is 0 Å². The van der Waals surface area contributed by atoms with E-state index in [2.05, 4.69) is 32.6 Å². The Morgan fingerprint density at radius 1 is 1.20 bits per heavy atom. The summed E-state index contributed by atoms with van der Waals surface area (Å²) in [6.45, 7) is 11.5. The Balaban J connectivity index is 2.24. The van der Waals surface area contributed by atoms with Crippen LogP contribution in [0.15, 0.2) is 0 Å². The van der Waals surface area contributed by atoms with Crippen LogP contribution in [0.2, 0.25) is 0 Å². The maximum atomic E-state index is 6.08. The van der Waals surface area contributed by atoms with Crippen molar-refractivity contribution in [3.8, 4) is 0 Å². The van der Waals surface area contributed by atoms with E-state index in [-0.39, 0.29) is 0 Å². The lowest BCUT2D eigenvalue weighted by molar-refractivity contribution is 0.200. The molecule has 0 heterocycles. The van der Waals surface area contributed by atoms with Crippen molar-refractivity contribution in [2.45, 2.75) is 59.0 Å². The van der Waals surface area contributed by atoms with Crippen molar-refractivity contribution in [2.75, 3.05) is 13.1 Å². The molecule has 1 rings (SSSR count). The predicted molar refractivity (Wildman–Crippen MR) is 66.9 cm³/mol. The summed E-state index contributed by atoms with van der Waals surface area (Å²) in [7, 11) is 0. The summed E-state index contributed by atoms with van der Waals surface area (Å²) < 4.78 is 0. The Labute approximate surface area is 95.2 Å². The molecule has 1 saturated carbocycles. The van der Waals surface area contributed by atoms with Gasteiger partial charge in [0, 0.05) is 18.6 Å². The first-order chi connectivity index (χ1) is 7.00. The topological polar surface area (TPSA) is 29.3 Å². The van der Waals surface area contributed by atoms with Crippen LogP contribution in [-0.2, 0) is 0 Å². The van der Waals surface area contributed by atoms with Crippen molar-refractivity contribution in [3.05, 3.63) is 0 Å². The Morgan fingerprint density at radius 3 is 2.20 bits per heavy atom. The van der Waals surface area contributed by atoms with Crippen molar-refractivity contribution in [2.24, 2.45) is 17.6 Å². The second-order valence-corrected chi connectivity index (χ2v) is 5.73. The van der Waals surface area contributed by atoms with Crippen molar-refractivity contribution in [3.63, 3.8) is 0 Å². The van der Waals surface area contributed by atoms with Crippen LogP contribution in [-0.4, -0.2) is 30.1 Å². The molecular weight excluding hydrogens is 184 g/mol. The zero-order chi connectivity index (χ0) is 11.4. The first-order valence-corrected chi connectivity index (χ1v) is 6.50. The maximum Gasteiger partial charge on any atom is 0.00740 e. The fraction of sp³-hybridized carbons (Fsp3) is 1.00. The standard InChI is InChI=1S/C13H28N2/c1-10(2)13(14)7-8-15(11(3)4)9-12-5-6-12/h10-13H,5-9,14H2,1-4H3. The van der Waals surface area contributed by atoms with E-state index in [4.69, 9.17) is 5.73 Å².